The molecule has 1 aromatic carbocycles. The molecule has 0 aliphatic rings. The Hall–Kier alpha value is -1.09. The number of hydrogen-bond donors (Lipinski definition) is 0. The zero-order valence-corrected chi connectivity index (χ0v) is 10.8. The number of benzene rings is 1. The number of carbonyl (C=O) groups is 1. The molecule has 0 aromatic heterocycles. The van der Waals surface area contributed by atoms with Gasteiger partial charge in [-0.05, 0) is 12.1 Å². The molecule has 1 atom stereocenters. The first-order valence-corrected chi connectivity index (χ1v) is 8.76. The van der Waals surface area contributed by atoms with Crippen molar-refractivity contribution in [1.82, 2.24) is 0 Å². The second kappa shape index (κ2) is 4.62. The number of carbonyl (C=O) groups excluding carboxylic acids is 1. The van der Waals surface area contributed by atoms with Crippen molar-refractivity contribution in [3.8, 4) is 5.75 Å². The van der Waals surface area contributed by atoms with Crippen molar-refractivity contribution in [2.75, 3.05) is 0 Å². The molecule has 1 unspecified atom stereocenters. The Morgan fingerprint density at radius 3 is 2.20 bits per heavy atom. The zero-order valence-electron chi connectivity index (χ0n) is 9.78. The van der Waals surface area contributed by atoms with E-state index in [1.807, 2.05) is 25.1 Å². The Kier molecular flexibility index (Phi) is 3.69. The summed E-state index contributed by atoms with van der Waals surface area (Å²) < 4.78 is 5.30. The first-order valence-electron chi connectivity index (χ1n) is 5.18. The summed E-state index contributed by atoms with van der Waals surface area (Å²) in [7, 11) is -1.45. The lowest BCUT2D eigenvalue weighted by Crippen LogP contribution is -2.34. The molecule has 0 heterocycles. The largest absolute Gasteiger partial charge is 0.427 e. The lowest BCUT2D eigenvalue weighted by Gasteiger charge is -2.22. The maximum atomic E-state index is 11.8. The first kappa shape index (κ1) is 12.0. The molecule has 15 heavy (non-hydrogen) atoms. The lowest BCUT2D eigenvalue weighted by atomic mass is 10.3. The van der Waals surface area contributed by atoms with Crippen LogP contribution >= 0.6 is 0 Å². The highest BCUT2D eigenvalue weighted by Gasteiger charge is 2.30. The Morgan fingerprint density at radius 2 is 1.73 bits per heavy atom. The van der Waals surface area contributed by atoms with E-state index in [4.69, 9.17) is 4.74 Å². The molecule has 0 fully saturated rings. The highest BCUT2D eigenvalue weighted by molar-refractivity contribution is 6.80. The van der Waals surface area contributed by atoms with E-state index in [1.54, 1.807) is 12.1 Å². The predicted octanol–water partition coefficient (Wildman–Crippen LogP) is 3.32. The minimum atomic E-state index is -1.45. The van der Waals surface area contributed by atoms with Gasteiger partial charge in [0.2, 0.25) is 0 Å². The van der Waals surface area contributed by atoms with Gasteiger partial charge in [-0.2, -0.15) is 0 Å². The van der Waals surface area contributed by atoms with Gasteiger partial charge in [-0.3, -0.25) is 4.79 Å². The average molecular weight is 222 g/mol. The topological polar surface area (TPSA) is 26.3 Å². The lowest BCUT2D eigenvalue weighted by molar-refractivity contribution is -0.134. The molecule has 0 bridgehead atoms. The van der Waals surface area contributed by atoms with E-state index in [-0.39, 0.29) is 11.5 Å². The third-order valence-corrected chi connectivity index (χ3v) is 5.45. The minimum absolute atomic E-state index is 0.0257. The number of hydrogen-bond acceptors (Lipinski definition) is 2. The first-order chi connectivity index (χ1) is 6.91. The highest BCUT2D eigenvalue weighted by Crippen LogP contribution is 2.23. The zero-order chi connectivity index (χ0) is 11.5. The van der Waals surface area contributed by atoms with Crippen LogP contribution in [0.4, 0.5) is 0 Å². The van der Waals surface area contributed by atoms with Crippen LogP contribution in [0.15, 0.2) is 30.3 Å². The molecule has 0 saturated carbocycles. The van der Waals surface area contributed by atoms with Crippen LogP contribution in [0.5, 0.6) is 5.75 Å². The van der Waals surface area contributed by atoms with Gasteiger partial charge in [-0.1, -0.05) is 44.8 Å². The fourth-order valence-electron chi connectivity index (χ4n) is 1.05. The summed E-state index contributed by atoms with van der Waals surface area (Å²) in [6, 6.07) is 9.23. The van der Waals surface area contributed by atoms with Crippen LogP contribution < -0.4 is 4.74 Å². The molecule has 0 N–H and O–H groups in total. The molecular weight excluding hydrogens is 204 g/mol. The molecule has 1 aromatic rings. The third kappa shape index (κ3) is 3.51. The highest BCUT2D eigenvalue weighted by atomic mass is 28.3. The van der Waals surface area contributed by atoms with Crippen LogP contribution in [-0.2, 0) is 4.79 Å². The maximum Gasteiger partial charge on any atom is 0.311 e. The predicted molar refractivity (Wildman–Crippen MR) is 64.8 cm³/mol. The number of esters is 1. The summed E-state index contributed by atoms with van der Waals surface area (Å²) in [5.74, 6) is 0.521. The normalized spacial score (nSPS) is 13.3. The third-order valence-electron chi connectivity index (χ3n) is 2.61. The number of ether oxygens (including phenoxy) is 1. The molecule has 1 rings (SSSR count). The van der Waals surface area contributed by atoms with Crippen LogP contribution in [0, 0.1) is 0 Å². The summed E-state index contributed by atoms with van der Waals surface area (Å²) in [5, 5.41) is 0. The van der Waals surface area contributed by atoms with E-state index < -0.39 is 8.07 Å². The Labute approximate surface area is 92.3 Å². The molecule has 0 amide bonds. The number of rotatable bonds is 3. The summed E-state index contributed by atoms with van der Waals surface area (Å²) in [5.41, 5.74) is 0.0257. The Bertz CT molecular complexity index is 327. The van der Waals surface area contributed by atoms with Crippen LogP contribution in [0.3, 0.4) is 0 Å². The van der Waals surface area contributed by atoms with Crippen LogP contribution in [-0.4, -0.2) is 14.0 Å². The van der Waals surface area contributed by atoms with Crippen molar-refractivity contribution < 1.29 is 9.53 Å². The fraction of sp³-hybridized carbons (Fsp3) is 0.417. The maximum absolute atomic E-state index is 11.8. The Morgan fingerprint density at radius 1 is 1.20 bits per heavy atom. The standard InChI is InChI=1S/C12H18O2Si/c1-10(15(2,3)4)12(13)14-11-8-6-5-7-9-11/h5-10H,1-4H3. The van der Waals surface area contributed by atoms with Gasteiger partial charge in [-0.15, -0.1) is 0 Å². The van der Waals surface area contributed by atoms with Gasteiger partial charge in [0.05, 0.1) is 8.07 Å². The van der Waals surface area contributed by atoms with Gasteiger partial charge in [0, 0.05) is 5.54 Å². The van der Waals surface area contributed by atoms with Gasteiger partial charge in [0.25, 0.3) is 0 Å². The van der Waals surface area contributed by atoms with Crippen molar-refractivity contribution >= 4 is 14.0 Å². The summed E-state index contributed by atoms with van der Waals surface area (Å²) >= 11 is 0. The van der Waals surface area contributed by atoms with Crippen molar-refractivity contribution in [2.24, 2.45) is 0 Å². The molecule has 0 aliphatic carbocycles. The van der Waals surface area contributed by atoms with E-state index in [2.05, 4.69) is 19.6 Å². The monoisotopic (exact) mass is 222 g/mol. The van der Waals surface area contributed by atoms with E-state index in [1.165, 1.54) is 0 Å². The van der Waals surface area contributed by atoms with E-state index in [0.29, 0.717) is 5.75 Å². The molecular formula is C12H18O2Si. The average Bonchev–Trinajstić information content (AvgIpc) is 2.16. The van der Waals surface area contributed by atoms with Gasteiger partial charge < -0.3 is 4.74 Å². The van der Waals surface area contributed by atoms with Crippen LogP contribution in [0.1, 0.15) is 6.92 Å². The summed E-state index contributed by atoms with van der Waals surface area (Å²) in [6.45, 7) is 8.47. The van der Waals surface area contributed by atoms with Gasteiger partial charge in [-0.25, -0.2) is 0 Å². The van der Waals surface area contributed by atoms with Gasteiger partial charge in [0.15, 0.2) is 0 Å². The molecule has 0 saturated heterocycles. The van der Waals surface area contributed by atoms with Crippen molar-refractivity contribution in [3.05, 3.63) is 30.3 Å². The van der Waals surface area contributed by atoms with Gasteiger partial charge >= 0.3 is 5.97 Å². The quantitative estimate of drug-likeness (QED) is 0.445. The molecule has 82 valence electrons. The minimum Gasteiger partial charge on any atom is -0.427 e. The summed E-state index contributed by atoms with van der Waals surface area (Å²) in [4.78, 5) is 11.8. The van der Waals surface area contributed by atoms with Crippen molar-refractivity contribution in [3.63, 3.8) is 0 Å². The van der Waals surface area contributed by atoms with Crippen molar-refractivity contribution in [2.45, 2.75) is 32.1 Å². The van der Waals surface area contributed by atoms with Crippen LogP contribution in [0.2, 0.25) is 25.2 Å². The van der Waals surface area contributed by atoms with E-state index >= 15 is 0 Å². The van der Waals surface area contributed by atoms with E-state index in [0.717, 1.165) is 0 Å². The molecule has 0 spiro atoms. The van der Waals surface area contributed by atoms with E-state index in [9.17, 15) is 4.79 Å². The molecule has 0 radical (unpaired) electrons. The Balaban J connectivity index is 2.65. The molecule has 2 nitrogen and oxygen atoms in total. The smallest absolute Gasteiger partial charge is 0.311 e. The van der Waals surface area contributed by atoms with Crippen LogP contribution in [0.25, 0.3) is 0 Å². The van der Waals surface area contributed by atoms with Gasteiger partial charge in [0.1, 0.15) is 5.75 Å². The SMILES string of the molecule is CC(C(=O)Oc1ccccc1)[Si](C)(C)C. The molecule has 3 heteroatoms. The summed E-state index contributed by atoms with van der Waals surface area (Å²) in [6.07, 6.45) is 0. The number of para-hydroxylation sites is 1. The fourth-order valence-corrected chi connectivity index (χ4v) is 1.81. The second-order valence-electron chi connectivity index (χ2n) is 4.82. The van der Waals surface area contributed by atoms with Crippen molar-refractivity contribution in [1.29, 1.82) is 0 Å². The molecule has 0 aliphatic heterocycles. The second-order valence-corrected chi connectivity index (χ2v) is 10.4.